The van der Waals surface area contributed by atoms with Crippen LogP contribution in [0.15, 0.2) is 48.5 Å². The quantitative estimate of drug-likeness (QED) is 0.719. The first kappa shape index (κ1) is 20.8. The molecule has 29 heavy (non-hydrogen) atoms. The first-order valence-corrected chi connectivity index (χ1v) is 9.80. The highest BCUT2D eigenvalue weighted by molar-refractivity contribution is 5.95. The number of aliphatic hydroxyl groups is 1. The minimum atomic E-state index is -1.14. The number of hydrogen-bond donors (Lipinski definition) is 3. The van der Waals surface area contributed by atoms with Gasteiger partial charge in [-0.15, -0.1) is 0 Å². The molecule has 2 aromatic carbocycles. The van der Waals surface area contributed by atoms with Crippen molar-refractivity contribution in [3.8, 4) is 0 Å². The summed E-state index contributed by atoms with van der Waals surface area (Å²) >= 11 is 0. The number of nitrogens with one attached hydrogen (secondary N) is 2. The molecule has 0 spiro atoms. The van der Waals surface area contributed by atoms with E-state index in [0.717, 1.165) is 25.9 Å². The number of hydrogen-bond acceptors (Lipinski definition) is 3. The maximum Gasteiger partial charge on any atom is 0.319 e. The SMILES string of the molecule is CC1CCN(C(=O)c2ccc(NC(=O)NCC(O)c3ccccc3F)cc2)CC1. The smallest absolute Gasteiger partial charge is 0.319 e. The van der Waals surface area contributed by atoms with Crippen LogP contribution in [0.2, 0.25) is 0 Å². The van der Waals surface area contributed by atoms with E-state index in [1.165, 1.54) is 18.2 Å². The van der Waals surface area contributed by atoms with Crippen molar-refractivity contribution in [1.29, 1.82) is 0 Å². The lowest BCUT2D eigenvalue weighted by Crippen LogP contribution is -2.37. The van der Waals surface area contributed by atoms with E-state index in [0.29, 0.717) is 17.2 Å². The number of rotatable bonds is 5. The van der Waals surface area contributed by atoms with Gasteiger partial charge in [0.15, 0.2) is 0 Å². The van der Waals surface area contributed by atoms with Crippen molar-refractivity contribution >= 4 is 17.6 Å². The van der Waals surface area contributed by atoms with E-state index in [2.05, 4.69) is 17.6 Å². The number of aliphatic hydroxyl groups excluding tert-OH is 1. The van der Waals surface area contributed by atoms with Crippen LogP contribution < -0.4 is 10.6 Å². The maximum absolute atomic E-state index is 13.6. The fourth-order valence-electron chi connectivity index (χ4n) is 3.31. The summed E-state index contributed by atoms with van der Waals surface area (Å²) < 4.78 is 13.6. The number of carbonyl (C=O) groups is 2. The molecule has 1 atom stereocenters. The van der Waals surface area contributed by atoms with Crippen LogP contribution in [0.1, 0.15) is 41.8 Å². The van der Waals surface area contributed by atoms with Crippen LogP contribution in [0.5, 0.6) is 0 Å². The summed E-state index contributed by atoms with van der Waals surface area (Å²) in [7, 11) is 0. The van der Waals surface area contributed by atoms with Crippen molar-refractivity contribution < 1.29 is 19.1 Å². The lowest BCUT2D eigenvalue weighted by Gasteiger charge is -2.30. The number of piperidine rings is 1. The molecule has 1 fully saturated rings. The molecular weight excluding hydrogens is 373 g/mol. The van der Waals surface area contributed by atoms with Gasteiger partial charge >= 0.3 is 6.03 Å². The molecule has 3 amide bonds. The second-order valence-corrected chi connectivity index (χ2v) is 7.42. The molecule has 3 N–H and O–H groups in total. The van der Waals surface area contributed by atoms with Crippen molar-refractivity contribution in [2.24, 2.45) is 5.92 Å². The number of likely N-dealkylation sites (tertiary alicyclic amines) is 1. The molecular formula is C22H26FN3O3. The van der Waals surface area contributed by atoms with Gasteiger partial charge in [-0.25, -0.2) is 9.18 Å². The first-order chi connectivity index (χ1) is 13.9. The molecule has 2 aromatic rings. The fourth-order valence-corrected chi connectivity index (χ4v) is 3.31. The Kier molecular flexibility index (Phi) is 6.82. The van der Waals surface area contributed by atoms with Gasteiger partial charge in [0.1, 0.15) is 5.82 Å². The Bertz CT molecular complexity index is 849. The Morgan fingerprint density at radius 3 is 2.45 bits per heavy atom. The topological polar surface area (TPSA) is 81.7 Å². The summed E-state index contributed by atoms with van der Waals surface area (Å²) in [5.74, 6) is 0.132. The molecule has 1 saturated heterocycles. The van der Waals surface area contributed by atoms with Crippen LogP contribution in [0.3, 0.4) is 0 Å². The molecule has 154 valence electrons. The summed E-state index contributed by atoms with van der Waals surface area (Å²) in [4.78, 5) is 26.4. The fraction of sp³-hybridized carbons (Fsp3) is 0.364. The van der Waals surface area contributed by atoms with Crippen molar-refractivity contribution in [2.75, 3.05) is 25.0 Å². The number of halogens is 1. The maximum atomic E-state index is 13.6. The van der Waals surface area contributed by atoms with Crippen LogP contribution in [-0.2, 0) is 0 Å². The van der Waals surface area contributed by atoms with E-state index < -0.39 is 18.0 Å². The van der Waals surface area contributed by atoms with E-state index >= 15 is 0 Å². The number of carbonyl (C=O) groups excluding carboxylic acids is 2. The Morgan fingerprint density at radius 2 is 1.79 bits per heavy atom. The molecule has 1 unspecified atom stereocenters. The zero-order valence-electron chi connectivity index (χ0n) is 16.4. The Morgan fingerprint density at radius 1 is 1.14 bits per heavy atom. The van der Waals surface area contributed by atoms with Crippen LogP contribution in [0.25, 0.3) is 0 Å². The lowest BCUT2D eigenvalue weighted by atomic mass is 9.98. The first-order valence-electron chi connectivity index (χ1n) is 9.80. The standard InChI is InChI=1S/C22H26FN3O3/c1-15-10-12-26(13-11-15)21(28)16-6-8-17(9-7-16)25-22(29)24-14-20(27)18-4-2-3-5-19(18)23/h2-9,15,20,27H,10-14H2,1H3,(H2,24,25,29). The molecule has 1 aliphatic heterocycles. The minimum Gasteiger partial charge on any atom is -0.386 e. The van der Waals surface area contributed by atoms with Gasteiger partial charge in [0.2, 0.25) is 0 Å². The zero-order chi connectivity index (χ0) is 20.8. The van der Waals surface area contributed by atoms with Crippen LogP contribution >= 0.6 is 0 Å². The summed E-state index contributed by atoms with van der Waals surface area (Å²) in [6.45, 7) is 3.61. The van der Waals surface area contributed by atoms with E-state index in [-0.39, 0.29) is 18.0 Å². The van der Waals surface area contributed by atoms with Gasteiger partial charge in [0.05, 0.1) is 6.10 Å². The third kappa shape index (κ3) is 5.54. The number of benzene rings is 2. The number of nitrogens with zero attached hydrogens (tertiary/aromatic N) is 1. The van der Waals surface area contributed by atoms with Gasteiger partial charge in [-0.1, -0.05) is 25.1 Å². The van der Waals surface area contributed by atoms with Crippen molar-refractivity contribution in [2.45, 2.75) is 25.9 Å². The zero-order valence-corrected chi connectivity index (χ0v) is 16.4. The average molecular weight is 399 g/mol. The highest BCUT2D eigenvalue weighted by Gasteiger charge is 2.21. The monoisotopic (exact) mass is 399 g/mol. The van der Waals surface area contributed by atoms with E-state index in [4.69, 9.17) is 0 Å². The predicted molar refractivity (Wildman–Crippen MR) is 109 cm³/mol. The van der Waals surface area contributed by atoms with Gasteiger partial charge in [0, 0.05) is 36.4 Å². The van der Waals surface area contributed by atoms with Crippen molar-refractivity contribution in [1.82, 2.24) is 10.2 Å². The lowest BCUT2D eigenvalue weighted by molar-refractivity contribution is 0.0697. The summed E-state index contributed by atoms with van der Waals surface area (Å²) in [5, 5.41) is 15.2. The average Bonchev–Trinajstić information content (AvgIpc) is 2.73. The Balaban J connectivity index is 1.49. The molecule has 0 aromatic heterocycles. The van der Waals surface area contributed by atoms with E-state index in [9.17, 15) is 19.1 Å². The highest BCUT2D eigenvalue weighted by atomic mass is 19.1. The number of urea groups is 1. The van der Waals surface area contributed by atoms with Gasteiger partial charge in [0.25, 0.3) is 5.91 Å². The Labute approximate surface area is 169 Å². The molecule has 1 heterocycles. The van der Waals surface area contributed by atoms with Crippen LogP contribution in [0.4, 0.5) is 14.9 Å². The molecule has 3 rings (SSSR count). The van der Waals surface area contributed by atoms with Gasteiger partial charge < -0.3 is 20.6 Å². The van der Waals surface area contributed by atoms with Gasteiger partial charge in [-0.05, 0) is 49.1 Å². The highest BCUT2D eigenvalue weighted by Crippen LogP contribution is 2.19. The molecule has 6 nitrogen and oxygen atoms in total. The van der Waals surface area contributed by atoms with Crippen molar-refractivity contribution in [3.05, 3.63) is 65.5 Å². The summed E-state index contributed by atoms with van der Waals surface area (Å²) in [6.07, 6.45) is 0.892. The molecule has 0 bridgehead atoms. The van der Waals surface area contributed by atoms with Gasteiger partial charge in [-0.2, -0.15) is 0 Å². The second-order valence-electron chi connectivity index (χ2n) is 7.42. The van der Waals surface area contributed by atoms with Crippen molar-refractivity contribution in [3.63, 3.8) is 0 Å². The largest absolute Gasteiger partial charge is 0.386 e. The third-order valence-electron chi connectivity index (χ3n) is 5.18. The molecule has 0 saturated carbocycles. The van der Waals surface area contributed by atoms with E-state index in [1.54, 1.807) is 30.3 Å². The Hall–Kier alpha value is -2.93. The normalized spacial score (nSPS) is 15.6. The summed E-state index contributed by atoms with van der Waals surface area (Å²) in [6, 6.07) is 12.0. The molecule has 0 aliphatic carbocycles. The number of anilines is 1. The van der Waals surface area contributed by atoms with E-state index in [1.807, 2.05) is 4.90 Å². The molecule has 7 heteroatoms. The van der Waals surface area contributed by atoms with Crippen LogP contribution in [0, 0.1) is 11.7 Å². The second kappa shape index (κ2) is 9.52. The third-order valence-corrected chi connectivity index (χ3v) is 5.18. The van der Waals surface area contributed by atoms with Gasteiger partial charge in [-0.3, -0.25) is 4.79 Å². The minimum absolute atomic E-state index is 0.000844. The molecule has 0 radical (unpaired) electrons. The predicted octanol–water partition coefficient (Wildman–Crippen LogP) is 3.55. The van der Waals surface area contributed by atoms with Crippen LogP contribution in [-0.4, -0.2) is 41.6 Å². The summed E-state index contributed by atoms with van der Waals surface area (Å²) in [5.41, 5.74) is 1.23. The molecule has 1 aliphatic rings. The number of amides is 3.